The largest absolute Gasteiger partial charge is 0.391 e. The van der Waals surface area contributed by atoms with Gasteiger partial charge in [-0.25, -0.2) is 0 Å². The highest BCUT2D eigenvalue weighted by atomic mass is 16.3. The van der Waals surface area contributed by atoms with E-state index in [-0.39, 0.29) is 24.1 Å². The van der Waals surface area contributed by atoms with Gasteiger partial charge in [0.25, 0.3) is 5.91 Å². The Morgan fingerprint density at radius 2 is 1.88 bits per heavy atom. The van der Waals surface area contributed by atoms with E-state index in [2.05, 4.69) is 16.3 Å². The molecular formula is C19H25N3O2. The average molecular weight is 327 g/mol. The molecule has 0 spiro atoms. The van der Waals surface area contributed by atoms with Crippen molar-refractivity contribution in [1.82, 2.24) is 10.2 Å². The number of aliphatic hydroxyl groups is 1. The van der Waals surface area contributed by atoms with Crippen LogP contribution in [0.5, 0.6) is 0 Å². The lowest BCUT2D eigenvalue weighted by Crippen LogP contribution is -2.52. The first-order valence-corrected chi connectivity index (χ1v) is 8.91. The van der Waals surface area contributed by atoms with E-state index in [0.717, 1.165) is 45.2 Å². The quantitative estimate of drug-likeness (QED) is 0.891. The molecule has 1 aliphatic carbocycles. The van der Waals surface area contributed by atoms with Crippen molar-refractivity contribution in [3.63, 3.8) is 0 Å². The van der Waals surface area contributed by atoms with Gasteiger partial charge in [0.05, 0.1) is 23.3 Å². The van der Waals surface area contributed by atoms with E-state index < -0.39 is 0 Å². The van der Waals surface area contributed by atoms with Crippen molar-refractivity contribution in [2.75, 3.05) is 13.1 Å². The normalized spacial score (nSPS) is 25.8. The lowest BCUT2D eigenvalue weighted by atomic mass is 9.89. The number of benzene rings is 1. The number of amides is 1. The summed E-state index contributed by atoms with van der Waals surface area (Å²) in [7, 11) is 0. The van der Waals surface area contributed by atoms with Crippen LogP contribution in [0.3, 0.4) is 0 Å². The second-order valence-corrected chi connectivity index (χ2v) is 6.86. The molecule has 1 aliphatic heterocycles. The number of carbonyl (C=O) groups is 1. The minimum atomic E-state index is -0.201. The predicted octanol–water partition coefficient (Wildman–Crippen LogP) is 2.06. The Labute approximate surface area is 143 Å². The van der Waals surface area contributed by atoms with Crippen LogP contribution in [0, 0.1) is 11.3 Å². The number of hydrogen-bond acceptors (Lipinski definition) is 4. The number of rotatable bonds is 3. The molecule has 1 aromatic rings. The summed E-state index contributed by atoms with van der Waals surface area (Å²) in [6.45, 7) is 1.82. The number of nitriles is 1. The highest BCUT2D eigenvalue weighted by Crippen LogP contribution is 2.26. The molecule has 2 aliphatic rings. The summed E-state index contributed by atoms with van der Waals surface area (Å²) in [6, 6.07) is 9.41. The number of nitrogens with zero attached hydrogens (tertiary/aromatic N) is 2. The van der Waals surface area contributed by atoms with Gasteiger partial charge in [0.2, 0.25) is 0 Å². The van der Waals surface area contributed by atoms with Crippen molar-refractivity contribution in [3.8, 4) is 6.07 Å². The van der Waals surface area contributed by atoms with Crippen LogP contribution in [0.1, 0.15) is 54.4 Å². The van der Waals surface area contributed by atoms with Crippen molar-refractivity contribution in [2.24, 2.45) is 0 Å². The topological polar surface area (TPSA) is 76.4 Å². The third-order valence-corrected chi connectivity index (χ3v) is 5.32. The first-order chi connectivity index (χ1) is 11.7. The van der Waals surface area contributed by atoms with Crippen molar-refractivity contribution in [3.05, 3.63) is 35.4 Å². The third kappa shape index (κ3) is 3.77. The molecule has 3 rings (SSSR count). The Morgan fingerprint density at radius 3 is 2.58 bits per heavy atom. The van der Waals surface area contributed by atoms with Gasteiger partial charge in [-0.15, -0.1) is 0 Å². The van der Waals surface area contributed by atoms with E-state index in [1.165, 1.54) is 6.42 Å². The van der Waals surface area contributed by atoms with Crippen LogP contribution in [0.15, 0.2) is 24.3 Å². The Hall–Kier alpha value is -1.90. The van der Waals surface area contributed by atoms with Crippen LogP contribution in [0.4, 0.5) is 0 Å². The molecule has 1 heterocycles. The van der Waals surface area contributed by atoms with E-state index in [1.807, 2.05) is 0 Å². The molecule has 2 fully saturated rings. The van der Waals surface area contributed by atoms with Crippen LogP contribution < -0.4 is 5.32 Å². The van der Waals surface area contributed by atoms with E-state index in [4.69, 9.17) is 5.26 Å². The Bertz CT molecular complexity index is 617. The summed E-state index contributed by atoms with van der Waals surface area (Å²) in [5.74, 6) is -0.164. The maximum Gasteiger partial charge on any atom is 0.252 e. The zero-order chi connectivity index (χ0) is 16.9. The van der Waals surface area contributed by atoms with Crippen LogP contribution in [0.25, 0.3) is 0 Å². The first kappa shape index (κ1) is 16.9. The van der Waals surface area contributed by atoms with Crippen molar-refractivity contribution >= 4 is 5.91 Å². The van der Waals surface area contributed by atoms with E-state index in [1.54, 1.807) is 24.3 Å². The van der Waals surface area contributed by atoms with Gasteiger partial charge in [-0.1, -0.05) is 25.0 Å². The van der Waals surface area contributed by atoms with Crippen molar-refractivity contribution in [2.45, 2.75) is 56.7 Å². The fourth-order valence-corrected chi connectivity index (χ4v) is 3.93. The van der Waals surface area contributed by atoms with Gasteiger partial charge in [0, 0.05) is 25.2 Å². The summed E-state index contributed by atoms with van der Waals surface area (Å²) < 4.78 is 0. The number of nitrogens with one attached hydrogen (secondary N) is 1. The van der Waals surface area contributed by atoms with Gasteiger partial charge in [-0.3, -0.25) is 9.69 Å². The number of likely N-dealkylation sites (tertiary alicyclic amines) is 1. The highest BCUT2D eigenvalue weighted by Gasteiger charge is 2.31. The SMILES string of the molecule is N#Cc1ccccc1C(=O)NC1CCN(C2CCCCC2O)CC1. The van der Waals surface area contributed by atoms with Crippen LogP contribution in [-0.2, 0) is 0 Å². The first-order valence-electron chi connectivity index (χ1n) is 8.91. The van der Waals surface area contributed by atoms with E-state index >= 15 is 0 Å². The van der Waals surface area contributed by atoms with E-state index in [9.17, 15) is 9.90 Å². The molecule has 128 valence electrons. The summed E-state index contributed by atoms with van der Waals surface area (Å²) in [6.07, 6.45) is 5.89. The minimum Gasteiger partial charge on any atom is -0.391 e. The summed E-state index contributed by atoms with van der Waals surface area (Å²) in [5.41, 5.74) is 0.864. The molecule has 24 heavy (non-hydrogen) atoms. The summed E-state index contributed by atoms with van der Waals surface area (Å²) in [5, 5.41) is 22.4. The lowest BCUT2D eigenvalue weighted by molar-refractivity contribution is 0.00727. The van der Waals surface area contributed by atoms with Gasteiger partial charge in [-0.2, -0.15) is 5.26 Å². The van der Waals surface area contributed by atoms with Gasteiger partial charge in [0.1, 0.15) is 0 Å². The number of aliphatic hydroxyl groups excluding tert-OH is 1. The maximum atomic E-state index is 12.4. The van der Waals surface area contributed by atoms with Gasteiger partial charge < -0.3 is 10.4 Å². The number of carbonyl (C=O) groups excluding carboxylic acids is 1. The van der Waals surface area contributed by atoms with Gasteiger partial charge in [0.15, 0.2) is 0 Å². The highest BCUT2D eigenvalue weighted by molar-refractivity contribution is 5.96. The smallest absolute Gasteiger partial charge is 0.252 e. The second kappa shape index (κ2) is 7.78. The molecular weight excluding hydrogens is 302 g/mol. The minimum absolute atomic E-state index is 0.140. The summed E-state index contributed by atoms with van der Waals surface area (Å²) in [4.78, 5) is 14.8. The zero-order valence-corrected chi connectivity index (χ0v) is 13.9. The summed E-state index contributed by atoms with van der Waals surface area (Å²) >= 11 is 0. The zero-order valence-electron chi connectivity index (χ0n) is 13.9. The van der Waals surface area contributed by atoms with Crippen LogP contribution in [-0.4, -0.2) is 47.2 Å². The fourth-order valence-electron chi connectivity index (χ4n) is 3.93. The molecule has 0 bridgehead atoms. The third-order valence-electron chi connectivity index (χ3n) is 5.32. The molecule has 5 nitrogen and oxygen atoms in total. The van der Waals surface area contributed by atoms with Gasteiger partial charge in [-0.05, 0) is 37.8 Å². The van der Waals surface area contributed by atoms with Crippen LogP contribution in [0.2, 0.25) is 0 Å². The molecule has 1 amide bonds. The predicted molar refractivity (Wildman–Crippen MR) is 91.5 cm³/mol. The number of piperidine rings is 1. The Morgan fingerprint density at radius 1 is 1.17 bits per heavy atom. The molecule has 2 unspecified atom stereocenters. The monoisotopic (exact) mass is 327 g/mol. The lowest BCUT2D eigenvalue weighted by Gasteiger charge is -2.41. The molecule has 1 saturated carbocycles. The molecule has 5 heteroatoms. The molecule has 2 atom stereocenters. The molecule has 1 aromatic carbocycles. The molecule has 0 aromatic heterocycles. The van der Waals surface area contributed by atoms with Crippen molar-refractivity contribution in [1.29, 1.82) is 5.26 Å². The fraction of sp³-hybridized carbons (Fsp3) is 0.579. The standard InChI is InChI=1S/C19H25N3O2/c20-13-14-5-1-2-6-16(14)19(24)21-15-9-11-22(12-10-15)17-7-3-4-8-18(17)23/h1-2,5-6,15,17-18,23H,3-4,7-12H2,(H,21,24). The maximum absolute atomic E-state index is 12.4. The van der Waals surface area contributed by atoms with Gasteiger partial charge >= 0.3 is 0 Å². The van der Waals surface area contributed by atoms with Crippen molar-refractivity contribution < 1.29 is 9.90 Å². The second-order valence-electron chi connectivity index (χ2n) is 6.86. The molecule has 1 saturated heterocycles. The molecule has 2 N–H and O–H groups in total. The average Bonchev–Trinajstić information content (AvgIpc) is 2.63. The Balaban J connectivity index is 1.54. The Kier molecular flexibility index (Phi) is 5.49. The molecule has 0 radical (unpaired) electrons. The number of hydrogen-bond donors (Lipinski definition) is 2. The van der Waals surface area contributed by atoms with Crippen LogP contribution >= 0.6 is 0 Å². The van der Waals surface area contributed by atoms with E-state index in [0.29, 0.717) is 11.1 Å².